The number of ether oxygens (including phenoxy) is 2. The minimum Gasteiger partial charge on any atom is -0.377 e. The first-order valence-electron chi connectivity index (χ1n) is 9.00. The first-order valence-corrected chi connectivity index (χ1v) is 9.00. The van der Waals surface area contributed by atoms with Gasteiger partial charge in [0.2, 0.25) is 0 Å². The summed E-state index contributed by atoms with van der Waals surface area (Å²) in [6, 6.07) is 11.8. The molecule has 3 heterocycles. The standard InChI is InChI=1S/C20H22N4O2/c1-2-6-18-17(5-1)20(22-11-13-25-14-16-4-3-12-26-16)24-19(23-18)15-7-9-21-10-8-15/h1-2,5-10,16H,3-4,11-14H2,(H,22,23,24). The first kappa shape index (κ1) is 16.9. The summed E-state index contributed by atoms with van der Waals surface area (Å²) in [6.07, 6.45) is 5.99. The second-order valence-electron chi connectivity index (χ2n) is 6.29. The number of nitrogens with one attached hydrogen (secondary N) is 1. The molecule has 4 rings (SSSR count). The molecule has 1 atom stereocenters. The van der Waals surface area contributed by atoms with E-state index in [1.54, 1.807) is 12.4 Å². The summed E-state index contributed by atoms with van der Waals surface area (Å²) in [7, 11) is 0. The Morgan fingerprint density at radius 1 is 1.12 bits per heavy atom. The van der Waals surface area contributed by atoms with Crippen LogP contribution in [0.2, 0.25) is 0 Å². The van der Waals surface area contributed by atoms with Crippen LogP contribution in [0.5, 0.6) is 0 Å². The lowest BCUT2D eigenvalue weighted by molar-refractivity contribution is 0.0206. The third-order valence-corrected chi connectivity index (χ3v) is 4.41. The van der Waals surface area contributed by atoms with Gasteiger partial charge in [0.05, 0.1) is 24.8 Å². The Bertz CT molecular complexity index is 851. The summed E-state index contributed by atoms with van der Waals surface area (Å²) < 4.78 is 11.3. The molecule has 26 heavy (non-hydrogen) atoms. The molecule has 134 valence electrons. The van der Waals surface area contributed by atoms with Crippen LogP contribution in [0.3, 0.4) is 0 Å². The van der Waals surface area contributed by atoms with Crippen LogP contribution in [0.4, 0.5) is 5.82 Å². The summed E-state index contributed by atoms with van der Waals surface area (Å²) in [5.74, 6) is 1.51. The van der Waals surface area contributed by atoms with Gasteiger partial charge in [0.15, 0.2) is 5.82 Å². The molecular weight excluding hydrogens is 328 g/mol. The summed E-state index contributed by atoms with van der Waals surface area (Å²) in [6.45, 7) is 2.82. The van der Waals surface area contributed by atoms with Crippen molar-refractivity contribution >= 4 is 16.7 Å². The van der Waals surface area contributed by atoms with Gasteiger partial charge in [-0.25, -0.2) is 9.97 Å². The highest BCUT2D eigenvalue weighted by molar-refractivity contribution is 5.90. The average Bonchev–Trinajstić information content (AvgIpc) is 3.21. The smallest absolute Gasteiger partial charge is 0.162 e. The highest BCUT2D eigenvalue weighted by Crippen LogP contribution is 2.24. The molecule has 1 aromatic carbocycles. The minimum absolute atomic E-state index is 0.258. The first-order chi connectivity index (χ1) is 12.9. The third kappa shape index (κ3) is 3.98. The minimum atomic E-state index is 0.258. The highest BCUT2D eigenvalue weighted by atomic mass is 16.5. The van der Waals surface area contributed by atoms with Crippen molar-refractivity contribution in [1.82, 2.24) is 15.0 Å². The van der Waals surface area contributed by atoms with E-state index in [1.165, 1.54) is 0 Å². The summed E-state index contributed by atoms with van der Waals surface area (Å²) >= 11 is 0. The molecule has 1 saturated heterocycles. The number of hydrogen-bond donors (Lipinski definition) is 1. The van der Waals surface area contributed by atoms with Gasteiger partial charge in [0.1, 0.15) is 5.82 Å². The predicted molar refractivity (Wildman–Crippen MR) is 101 cm³/mol. The normalized spacial score (nSPS) is 16.8. The monoisotopic (exact) mass is 350 g/mol. The van der Waals surface area contributed by atoms with Crippen LogP contribution in [0.25, 0.3) is 22.3 Å². The molecule has 0 radical (unpaired) electrons. The molecule has 0 saturated carbocycles. The molecule has 0 bridgehead atoms. The van der Waals surface area contributed by atoms with Gasteiger partial charge in [0, 0.05) is 36.5 Å². The van der Waals surface area contributed by atoms with E-state index in [2.05, 4.69) is 15.3 Å². The van der Waals surface area contributed by atoms with E-state index in [0.717, 1.165) is 41.7 Å². The van der Waals surface area contributed by atoms with Gasteiger partial charge in [-0.3, -0.25) is 4.98 Å². The van der Waals surface area contributed by atoms with E-state index in [-0.39, 0.29) is 6.10 Å². The lowest BCUT2D eigenvalue weighted by Gasteiger charge is -2.13. The molecule has 1 N–H and O–H groups in total. The van der Waals surface area contributed by atoms with E-state index in [0.29, 0.717) is 25.6 Å². The lowest BCUT2D eigenvalue weighted by Crippen LogP contribution is -2.18. The number of nitrogens with zero attached hydrogens (tertiary/aromatic N) is 3. The van der Waals surface area contributed by atoms with Crippen LogP contribution in [0.15, 0.2) is 48.8 Å². The quantitative estimate of drug-likeness (QED) is 0.660. The Morgan fingerprint density at radius 3 is 2.85 bits per heavy atom. The fraction of sp³-hybridized carbons (Fsp3) is 0.350. The van der Waals surface area contributed by atoms with Crippen LogP contribution in [0, 0.1) is 0 Å². The topological polar surface area (TPSA) is 69.2 Å². The van der Waals surface area contributed by atoms with E-state index in [4.69, 9.17) is 14.5 Å². The second-order valence-corrected chi connectivity index (χ2v) is 6.29. The van der Waals surface area contributed by atoms with E-state index >= 15 is 0 Å². The molecule has 1 fully saturated rings. The predicted octanol–water partition coefficient (Wildman–Crippen LogP) is 3.30. The van der Waals surface area contributed by atoms with E-state index < -0.39 is 0 Å². The van der Waals surface area contributed by atoms with Gasteiger partial charge in [-0.2, -0.15) is 0 Å². The van der Waals surface area contributed by atoms with Crippen molar-refractivity contribution in [2.24, 2.45) is 0 Å². The molecule has 0 amide bonds. The van der Waals surface area contributed by atoms with Crippen LogP contribution in [-0.2, 0) is 9.47 Å². The molecule has 3 aromatic rings. The molecule has 6 heteroatoms. The van der Waals surface area contributed by atoms with Crippen LogP contribution in [0.1, 0.15) is 12.8 Å². The molecule has 2 aromatic heterocycles. The maximum Gasteiger partial charge on any atom is 0.162 e. The van der Waals surface area contributed by atoms with Crippen molar-refractivity contribution in [3.8, 4) is 11.4 Å². The maximum atomic E-state index is 5.73. The third-order valence-electron chi connectivity index (χ3n) is 4.41. The molecule has 0 spiro atoms. The summed E-state index contributed by atoms with van der Waals surface area (Å²) in [4.78, 5) is 13.5. The van der Waals surface area contributed by atoms with Gasteiger partial charge in [-0.05, 0) is 37.1 Å². The van der Waals surface area contributed by atoms with Gasteiger partial charge < -0.3 is 14.8 Å². The fourth-order valence-electron chi connectivity index (χ4n) is 3.07. The van der Waals surface area contributed by atoms with Crippen molar-refractivity contribution in [3.05, 3.63) is 48.8 Å². The zero-order valence-corrected chi connectivity index (χ0v) is 14.6. The summed E-state index contributed by atoms with van der Waals surface area (Å²) in [5.41, 5.74) is 1.86. The van der Waals surface area contributed by atoms with E-state index in [1.807, 2.05) is 36.4 Å². The Hall–Kier alpha value is -2.57. The number of hydrogen-bond acceptors (Lipinski definition) is 6. The molecule has 1 aliphatic rings. The SMILES string of the molecule is c1ccc2c(NCCOCC3CCCO3)nc(-c3ccncc3)nc2c1. The number of rotatable bonds is 7. The van der Waals surface area contributed by atoms with Crippen LogP contribution in [-0.4, -0.2) is 47.4 Å². The Balaban J connectivity index is 1.46. The van der Waals surface area contributed by atoms with Gasteiger partial charge in [0.25, 0.3) is 0 Å². The number of pyridine rings is 1. The van der Waals surface area contributed by atoms with Crippen molar-refractivity contribution in [1.29, 1.82) is 0 Å². The molecule has 1 unspecified atom stereocenters. The van der Waals surface area contributed by atoms with Crippen LogP contribution >= 0.6 is 0 Å². The largest absolute Gasteiger partial charge is 0.377 e. The zero-order chi connectivity index (χ0) is 17.6. The molecule has 1 aliphatic heterocycles. The molecule has 6 nitrogen and oxygen atoms in total. The Labute approximate surface area is 152 Å². The maximum absolute atomic E-state index is 5.73. The second kappa shape index (κ2) is 8.21. The average molecular weight is 350 g/mol. The van der Waals surface area contributed by atoms with E-state index in [9.17, 15) is 0 Å². The van der Waals surface area contributed by atoms with Gasteiger partial charge in [-0.1, -0.05) is 12.1 Å². The van der Waals surface area contributed by atoms with Gasteiger partial charge in [-0.15, -0.1) is 0 Å². The van der Waals surface area contributed by atoms with Crippen molar-refractivity contribution < 1.29 is 9.47 Å². The number of para-hydroxylation sites is 1. The zero-order valence-electron chi connectivity index (χ0n) is 14.6. The van der Waals surface area contributed by atoms with Crippen molar-refractivity contribution in [3.63, 3.8) is 0 Å². The molecular formula is C20H22N4O2. The fourth-order valence-corrected chi connectivity index (χ4v) is 3.07. The number of anilines is 1. The van der Waals surface area contributed by atoms with Crippen molar-refractivity contribution in [2.75, 3.05) is 31.7 Å². The number of aromatic nitrogens is 3. The number of benzene rings is 1. The van der Waals surface area contributed by atoms with Gasteiger partial charge >= 0.3 is 0 Å². The molecule has 0 aliphatic carbocycles. The van der Waals surface area contributed by atoms with Crippen molar-refractivity contribution in [2.45, 2.75) is 18.9 Å². The Morgan fingerprint density at radius 2 is 2.00 bits per heavy atom. The number of fused-ring (bicyclic) bond motifs is 1. The Kier molecular flexibility index (Phi) is 5.33. The highest BCUT2D eigenvalue weighted by Gasteiger charge is 2.15. The van der Waals surface area contributed by atoms with Crippen LogP contribution < -0.4 is 5.32 Å². The lowest BCUT2D eigenvalue weighted by atomic mass is 10.2. The summed E-state index contributed by atoms with van der Waals surface area (Å²) in [5, 5.41) is 4.39.